The summed E-state index contributed by atoms with van der Waals surface area (Å²) in [7, 11) is 1.61. The van der Waals surface area contributed by atoms with Crippen molar-refractivity contribution in [3.63, 3.8) is 0 Å². The number of hydrogen-bond acceptors (Lipinski definition) is 3. The summed E-state index contributed by atoms with van der Waals surface area (Å²) in [4.78, 5) is 24.4. The van der Waals surface area contributed by atoms with Crippen LogP contribution >= 0.6 is 0 Å². The molecule has 1 aliphatic carbocycles. The van der Waals surface area contributed by atoms with Crippen LogP contribution in [-0.4, -0.2) is 29.6 Å². The van der Waals surface area contributed by atoms with Crippen LogP contribution in [0.1, 0.15) is 49.3 Å². The molecule has 2 rings (SSSR count). The van der Waals surface area contributed by atoms with Crippen molar-refractivity contribution >= 4 is 11.9 Å². The summed E-state index contributed by atoms with van der Waals surface area (Å²) in [6, 6.07) is 3.79. The zero-order valence-corrected chi connectivity index (χ0v) is 14.9. The molecule has 5 heteroatoms. The SMILES string of the molecule is COc1cc(C)c(CC(=O)NC2(C(=O)O)CCCCC2C)c(C)c1. The smallest absolute Gasteiger partial charge is 0.329 e. The number of ether oxygens (including phenoxy) is 1. The van der Waals surface area contributed by atoms with E-state index in [0.717, 1.165) is 41.7 Å². The van der Waals surface area contributed by atoms with E-state index < -0.39 is 11.5 Å². The fourth-order valence-corrected chi connectivity index (χ4v) is 3.71. The van der Waals surface area contributed by atoms with Gasteiger partial charge in [0, 0.05) is 0 Å². The summed E-state index contributed by atoms with van der Waals surface area (Å²) in [5.41, 5.74) is 1.74. The van der Waals surface area contributed by atoms with Gasteiger partial charge >= 0.3 is 5.97 Å². The zero-order chi connectivity index (χ0) is 17.9. The highest BCUT2D eigenvalue weighted by Gasteiger charge is 2.46. The van der Waals surface area contributed by atoms with Crippen molar-refractivity contribution in [3.05, 3.63) is 28.8 Å². The molecule has 1 aliphatic rings. The van der Waals surface area contributed by atoms with Crippen LogP contribution in [-0.2, 0) is 16.0 Å². The number of amides is 1. The summed E-state index contributed by atoms with van der Waals surface area (Å²) in [5, 5.41) is 12.6. The van der Waals surface area contributed by atoms with E-state index in [2.05, 4.69) is 5.32 Å². The number of aliphatic carboxylic acids is 1. The van der Waals surface area contributed by atoms with E-state index >= 15 is 0 Å². The van der Waals surface area contributed by atoms with Crippen molar-refractivity contribution in [3.8, 4) is 5.75 Å². The van der Waals surface area contributed by atoms with Crippen molar-refractivity contribution in [2.45, 2.75) is 58.4 Å². The van der Waals surface area contributed by atoms with Crippen molar-refractivity contribution in [1.29, 1.82) is 0 Å². The quantitative estimate of drug-likeness (QED) is 0.868. The van der Waals surface area contributed by atoms with Gasteiger partial charge in [-0.2, -0.15) is 0 Å². The Morgan fingerprint density at radius 3 is 2.42 bits per heavy atom. The van der Waals surface area contributed by atoms with Gasteiger partial charge in [-0.25, -0.2) is 4.79 Å². The van der Waals surface area contributed by atoms with Crippen LogP contribution in [0.25, 0.3) is 0 Å². The minimum atomic E-state index is -1.14. The standard InChI is InChI=1S/C19H27NO4/c1-12-9-15(24-4)10-13(2)16(12)11-17(21)20-19(18(22)23)8-6-5-7-14(19)3/h9-10,14H,5-8,11H2,1-4H3,(H,20,21)(H,22,23). The predicted octanol–water partition coefficient (Wildman–Crippen LogP) is 3.00. The van der Waals surface area contributed by atoms with E-state index in [1.54, 1.807) is 7.11 Å². The number of benzene rings is 1. The summed E-state index contributed by atoms with van der Waals surface area (Å²) < 4.78 is 5.24. The number of nitrogens with one attached hydrogen (secondary N) is 1. The minimum absolute atomic E-state index is 0.0641. The Morgan fingerprint density at radius 2 is 1.92 bits per heavy atom. The maximum absolute atomic E-state index is 12.6. The van der Waals surface area contributed by atoms with Crippen LogP contribution in [0.4, 0.5) is 0 Å². The van der Waals surface area contributed by atoms with Crippen LogP contribution in [0, 0.1) is 19.8 Å². The summed E-state index contributed by atoms with van der Waals surface area (Å²) in [6.45, 7) is 5.79. The number of methoxy groups -OCH3 is 1. The largest absolute Gasteiger partial charge is 0.497 e. The van der Waals surface area contributed by atoms with Crippen LogP contribution in [0.2, 0.25) is 0 Å². The molecule has 0 aliphatic heterocycles. The van der Waals surface area contributed by atoms with Gasteiger partial charge in [0.1, 0.15) is 11.3 Å². The average Bonchev–Trinajstić information content (AvgIpc) is 2.52. The third-order valence-electron chi connectivity index (χ3n) is 5.29. The zero-order valence-electron chi connectivity index (χ0n) is 14.9. The molecule has 1 aromatic rings. The molecule has 2 N–H and O–H groups in total. The Balaban J connectivity index is 2.19. The molecular formula is C19H27NO4. The van der Waals surface area contributed by atoms with Gasteiger partial charge in [-0.3, -0.25) is 4.79 Å². The molecule has 0 spiro atoms. The molecule has 1 saturated carbocycles. The molecule has 0 bridgehead atoms. The molecule has 24 heavy (non-hydrogen) atoms. The number of hydrogen-bond donors (Lipinski definition) is 2. The maximum atomic E-state index is 12.6. The number of carboxylic acids is 1. The van der Waals surface area contributed by atoms with E-state index in [1.165, 1.54) is 0 Å². The predicted molar refractivity (Wildman–Crippen MR) is 92.3 cm³/mol. The van der Waals surface area contributed by atoms with Gasteiger partial charge in [0.2, 0.25) is 5.91 Å². The fraction of sp³-hybridized carbons (Fsp3) is 0.579. The van der Waals surface area contributed by atoms with E-state index in [-0.39, 0.29) is 18.2 Å². The Kier molecular flexibility index (Phi) is 5.52. The van der Waals surface area contributed by atoms with E-state index in [1.807, 2.05) is 32.9 Å². The van der Waals surface area contributed by atoms with Gasteiger partial charge in [0.15, 0.2) is 0 Å². The normalized spacial score (nSPS) is 23.6. The molecule has 0 heterocycles. The minimum Gasteiger partial charge on any atom is -0.497 e. The number of carboxylic acid groups (broad SMARTS) is 1. The molecular weight excluding hydrogens is 306 g/mol. The molecule has 0 saturated heterocycles. The second-order valence-corrected chi connectivity index (χ2v) is 6.89. The fourth-order valence-electron chi connectivity index (χ4n) is 3.71. The number of rotatable bonds is 5. The molecule has 0 radical (unpaired) electrons. The van der Waals surface area contributed by atoms with Crippen molar-refractivity contribution < 1.29 is 19.4 Å². The first kappa shape index (κ1) is 18.3. The number of carbonyl (C=O) groups excluding carboxylic acids is 1. The van der Waals surface area contributed by atoms with Gasteiger partial charge in [-0.15, -0.1) is 0 Å². The molecule has 2 unspecified atom stereocenters. The summed E-state index contributed by atoms with van der Waals surface area (Å²) in [6.07, 6.45) is 3.35. The van der Waals surface area contributed by atoms with E-state index in [4.69, 9.17) is 4.74 Å². The average molecular weight is 333 g/mol. The Morgan fingerprint density at radius 1 is 1.29 bits per heavy atom. The molecule has 132 valence electrons. The second kappa shape index (κ2) is 7.24. The lowest BCUT2D eigenvalue weighted by Gasteiger charge is -2.39. The van der Waals surface area contributed by atoms with E-state index in [9.17, 15) is 14.7 Å². The Hall–Kier alpha value is -2.04. The van der Waals surface area contributed by atoms with Crippen LogP contribution in [0.3, 0.4) is 0 Å². The highest BCUT2D eigenvalue weighted by atomic mass is 16.5. The molecule has 1 fully saturated rings. The first-order chi connectivity index (χ1) is 11.3. The first-order valence-corrected chi connectivity index (χ1v) is 8.48. The van der Waals surface area contributed by atoms with Crippen molar-refractivity contribution in [2.75, 3.05) is 7.11 Å². The highest BCUT2D eigenvalue weighted by molar-refractivity contribution is 5.88. The number of aryl methyl sites for hydroxylation is 2. The van der Waals surface area contributed by atoms with Gasteiger partial charge in [-0.1, -0.05) is 19.8 Å². The van der Waals surface area contributed by atoms with Crippen LogP contribution < -0.4 is 10.1 Å². The van der Waals surface area contributed by atoms with Gasteiger partial charge < -0.3 is 15.2 Å². The van der Waals surface area contributed by atoms with Gasteiger partial charge in [0.05, 0.1) is 13.5 Å². The highest BCUT2D eigenvalue weighted by Crippen LogP contribution is 2.34. The third kappa shape index (κ3) is 3.55. The lowest BCUT2D eigenvalue weighted by molar-refractivity contribution is -0.151. The monoisotopic (exact) mass is 333 g/mol. The molecule has 2 atom stereocenters. The van der Waals surface area contributed by atoms with Gasteiger partial charge in [-0.05, 0) is 61.4 Å². The Bertz CT molecular complexity index is 617. The van der Waals surface area contributed by atoms with Gasteiger partial charge in [0.25, 0.3) is 0 Å². The van der Waals surface area contributed by atoms with Crippen molar-refractivity contribution in [2.24, 2.45) is 5.92 Å². The molecule has 5 nitrogen and oxygen atoms in total. The molecule has 1 amide bonds. The Labute approximate surface area is 143 Å². The molecule has 1 aromatic carbocycles. The maximum Gasteiger partial charge on any atom is 0.329 e. The third-order valence-corrected chi connectivity index (χ3v) is 5.29. The topological polar surface area (TPSA) is 75.6 Å². The second-order valence-electron chi connectivity index (χ2n) is 6.89. The summed E-state index contributed by atoms with van der Waals surface area (Å²) in [5.74, 6) is -0.462. The lowest BCUT2D eigenvalue weighted by Crippen LogP contribution is -2.60. The van der Waals surface area contributed by atoms with Crippen molar-refractivity contribution in [1.82, 2.24) is 5.32 Å². The first-order valence-electron chi connectivity index (χ1n) is 8.48. The molecule has 0 aromatic heterocycles. The summed E-state index contributed by atoms with van der Waals surface area (Å²) >= 11 is 0. The van der Waals surface area contributed by atoms with Crippen LogP contribution in [0.15, 0.2) is 12.1 Å². The number of carbonyl (C=O) groups is 2. The van der Waals surface area contributed by atoms with E-state index in [0.29, 0.717) is 6.42 Å². The van der Waals surface area contributed by atoms with Crippen LogP contribution in [0.5, 0.6) is 5.75 Å². The lowest BCUT2D eigenvalue weighted by atomic mass is 9.73.